The first-order valence-electron chi connectivity index (χ1n) is 5.37. The quantitative estimate of drug-likeness (QED) is 0.727. The molecule has 0 saturated carbocycles. The number of likely N-dealkylation sites (tertiary alicyclic amines) is 1. The van der Waals surface area contributed by atoms with Crippen LogP contribution in [0.25, 0.3) is 0 Å². The number of hydrogen-bond acceptors (Lipinski definition) is 4. The molecule has 16 heavy (non-hydrogen) atoms. The van der Waals surface area contributed by atoms with Gasteiger partial charge >= 0.3 is 6.09 Å². The fraction of sp³-hybridized carbons (Fsp3) is 0.818. The predicted octanol–water partition coefficient (Wildman–Crippen LogP) is 1.13. The molecule has 0 aromatic heterocycles. The van der Waals surface area contributed by atoms with Gasteiger partial charge in [-0.25, -0.2) is 4.79 Å². The number of rotatable bonds is 1. The van der Waals surface area contributed by atoms with Crippen molar-refractivity contribution in [3.8, 4) is 6.07 Å². The molecule has 5 nitrogen and oxygen atoms in total. The van der Waals surface area contributed by atoms with Gasteiger partial charge in [0.25, 0.3) is 0 Å². The first kappa shape index (κ1) is 12.8. The zero-order valence-electron chi connectivity index (χ0n) is 9.93. The fourth-order valence-electron chi connectivity index (χ4n) is 1.73. The average molecular weight is 226 g/mol. The number of nitrogens with zero attached hydrogens (tertiary/aromatic N) is 2. The van der Waals surface area contributed by atoms with Gasteiger partial charge in [0, 0.05) is 6.54 Å². The van der Waals surface area contributed by atoms with Crippen LogP contribution in [-0.4, -0.2) is 40.9 Å². The maximum atomic E-state index is 11.8. The third-order valence-electron chi connectivity index (χ3n) is 2.44. The normalized spacial score (nSPS) is 25.3. The molecule has 1 N–H and O–H groups in total. The lowest BCUT2D eigenvalue weighted by molar-refractivity contribution is 0.0174. The predicted molar refractivity (Wildman–Crippen MR) is 57.5 cm³/mol. The number of carbonyl (C=O) groups is 1. The summed E-state index contributed by atoms with van der Waals surface area (Å²) in [6, 6.07) is 1.82. The van der Waals surface area contributed by atoms with E-state index in [-0.39, 0.29) is 18.6 Å². The summed E-state index contributed by atoms with van der Waals surface area (Å²) < 4.78 is 5.21. The summed E-state index contributed by atoms with van der Waals surface area (Å²) >= 11 is 0. The Morgan fingerprint density at radius 3 is 2.69 bits per heavy atom. The van der Waals surface area contributed by atoms with E-state index >= 15 is 0 Å². The Kier molecular flexibility index (Phi) is 3.76. The lowest BCUT2D eigenvalue weighted by Gasteiger charge is -2.27. The Labute approximate surface area is 95.6 Å². The van der Waals surface area contributed by atoms with E-state index in [1.807, 2.05) is 0 Å². The average Bonchev–Trinajstić information content (AvgIpc) is 2.58. The summed E-state index contributed by atoms with van der Waals surface area (Å²) in [5.41, 5.74) is -0.554. The third kappa shape index (κ3) is 3.11. The van der Waals surface area contributed by atoms with Gasteiger partial charge in [-0.1, -0.05) is 0 Å². The van der Waals surface area contributed by atoms with Gasteiger partial charge in [-0.3, -0.25) is 0 Å². The van der Waals surface area contributed by atoms with Crippen LogP contribution in [0.3, 0.4) is 0 Å². The van der Waals surface area contributed by atoms with E-state index in [4.69, 9.17) is 15.1 Å². The van der Waals surface area contributed by atoms with Gasteiger partial charge in [-0.15, -0.1) is 0 Å². The lowest BCUT2D eigenvalue weighted by atomic mass is 10.1. The molecular weight excluding hydrogens is 208 g/mol. The molecular formula is C11H18N2O3. The van der Waals surface area contributed by atoms with Gasteiger partial charge in [-0.05, 0) is 27.2 Å². The van der Waals surface area contributed by atoms with Crippen molar-refractivity contribution in [3.63, 3.8) is 0 Å². The molecule has 5 heteroatoms. The second-order valence-corrected chi connectivity index (χ2v) is 5.03. The highest BCUT2D eigenvalue weighted by Gasteiger charge is 2.37. The van der Waals surface area contributed by atoms with Crippen LogP contribution in [0.2, 0.25) is 0 Å². The van der Waals surface area contributed by atoms with Crippen LogP contribution in [0.15, 0.2) is 0 Å². The summed E-state index contributed by atoms with van der Waals surface area (Å²) in [5.74, 6) is -0.204. The number of carbonyl (C=O) groups excluding carboxylic acids is 1. The molecule has 0 aromatic carbocycles. The van der Waals surface area contributed by atoms with Crippen molar-refractivity contribution < 1.29 is 14.6 Å². The molecule has 0 bridgehead atoms. The van der Waals surface area contributed by atoms with Crippen molar-refractivity contribution in [2.45, 2.75) is 38.8 Å². The van der Waals surface area contributed by atoms with Crippen molar-refractivity contribution in [2.24, 2.45) is 5.92 Å². The highest BCUT2D eigenvalue weighted by Crippen LogP contribution is 2.24. The minimum Gasteiger partial charge on any atom is -0.444 e. The lowest BCUT2D eigenvalue weighted by Crippen LogP contribution is -2.41. The summed E-state index contributed by atoms with van der Waals surface area (Å²) in [6.07, 6.45) is 0.0657. The summed E-state index contributed by atoms with van der Waals surface area (Å²) in [5, 5.41) is 17.9. The Morgan fingerprint density at radius 2 is 2.25 bits per heavy atom. The highest BCUT2D eigenvalue weighted by molar-refractivity contribution is 5.69. The van der Waals surface area contributed by atoms with Crippen LogP contribution in [-0.2, 0) is 4.74 Å². The van der Waals surface area contributed by atoms with Crippen molar-refractivity contribution in [1.29, 1.82) is 5.26 Å². The first-order chi connectivity index (χ1) is 7.37. The van der Waals surface area contributed by atoms with Crippen molar-refractivity contribution in [3.05, 3.63) is 0 Å². The van der Waals surface area contributed by atoms with E-state index in [0.717, 1.165) is 0 Å². The molecule has 90 valence electrons. The summed E-state index contributed by atoms with van der Waals surface area (Å²) in [4.78, 5) is 13.2. The van der Waals surface area contributed by atoms with Gasteiger partial charge < -0.3 is 14.7 Å². The number of nitriles is 1. The summed E-state index contributed by atoms with van der Waals surface area (Å²) in [6.45, 7) is 5.58. The molecule has 2 atom stereocenters. The minimum absolute atomic E-state index is 0.128. The number of ether oxygens (including phenoxy) is 1. The van der Waals surface area contributed by atoms with Crippen LogP contribution in [0.5, 0.6) is 0 Å². The zero-order chi connectivity index (χ0) is 12.3. The molecule has 1 amide bonds. The number of aliphatic hydroxyl groups excluding tert-OH is 1. The molecule has 0 radical (unpaired) electrons. The van der Waals surface area contributed by atoms with Crippen LogP contribution in [0.1, 0.15) is 27.2 Å². The monoisotopic (exact) mass is 226 g/mol. The molecule has 0 spiro atoms. The van der Waals surface area contributed by atoms with Gasteiger partial charge in [0.05, 0.1) is 24.6 Å². The molecule has 0 aromatic rings. The second kappa shape index (κ2) is 4.71. The molecule has 0 aliphatic carbocycles. The maximum Gasteiger partial charge on any atom is 0.410 e. The van der Waals surface area contributed by atoms with E-state index in [0.29, 0.717) is 13.0 Å². The van der Waals surface area contributed by atoms with Gasteiger partial charge in [0.2, 0.25) is 0 Å². The third-order valence-corrected chi connectivity index (χ3v) is 2.44. The Bertz CT molecular complexity index is 303. The maximum absolute atomic E-state index is 11.8. The Morgan fingerprint density at radius 1 is 1.62 bits per heavy atom. The van der Waals surface area contributed by atoms with Gasteiger partial charge in [0.1, 0.15) is 5.60 Å². The minimum atomic E-state index is -0.554. The van der Waals surface area contributed by atoms with Crippen LogP contribution in [0, 0.1) is 17.2 Å². The topological polar surface area (TPSA) is 73.6 Å². The van der Waals surface area contributed by atoms with E-state index in [9.17, 15) is 4.79 Å². The van der Waals surface area contributed by atoms with Crippen molar-refractivity contribution >= 4 is 6.09 Å². The standard InChI is InChI=1S/C11H18N2O3/c1-11(2,3)16-10(15)13-6-8(5-12)4-9(13)7-14/h8-9,14H,4,6-7H2,1-3H3/t8-,9+/m0/s1. The second-order valence-electron chi connectivity index (χ2n) is 5.03. The van der Waals surface area contributed by atoms with Gasteiger partial charge in [0.15, 0.2) is 0 Å². The fourth-order valence-corrected chi connectivity index (χ4v) is 1.73. The van der Waals surface area contributed by atoms with Crippen LogP contribution in [0.4, 0.5) is 4.79 Å². The molecule has 1 heterocycles. The van der Waals surface area contributed by atoms with E-state index < -0.39 is 11.7 Å². The first-order valence-corrected chi connectivity index (χ1v) is 5.37. The molecule has 1 rings (SSSR count). The molecule has 1 aliphatic heterocycles. The largest absolute Gasteiger partial charge is 0.444 e. The van der Waals surface area contributed by atoms with Crippen molar-refractivity contribution in [1.82, 2.24) is 4.90 Å². The summed E-state index contributed by atoms with van der Waals surface area (Å²) in [7, 11) is 0. The Hall–Kier alpha value is -1.28. The zero-order valence-corrected chi connectivity index (χ0v) is 9.93. The molecule has 1 aliphatic rings. The SMILES string of the molecule is CC(C)(C)OC(=O)N1C[C@H](C#N)C[C@@H]1CO. The molecule has 1 fully saturated rings. The van der Waals surface area contributed by atoms with E-state index in [2.05, 4.69) is 6.07 Å². The van der Waals surface area contributed by atoms with E-state index in [1.165, 1.54) is 4.90 Å². The number of aliphatic hydroxyl groups is 1. The van der Waals surface area contributed by atoms with Crippen molar-refractivity contribution in [2.75, 3.05) is 13.2 Å². The highest BCUT2D eigenvalue weighted by atomic mass is 16.6. The number of hydrogen-bond donors (Lipinski definition) is 1. The van der Waals surface area contributed by atoms with Gasteiger partial charge in [-0.2, -0.15) is 5.26 Å². The molecule has 1 saturated heterocycles. The van der Waals surface area contributed by atoms with E-state index in [1.54, 1.807) is 20.8 Å². The number of amides is 1. The van der Waals surface area contributed by atoms with Crippen LogP contribution >= 0.6 is 0 Å². The molecule has 0 unspecified atom stereocenters. The van der Waals surface area contributed by atoms with Crippen LogP contribution < -0.4 is 0 Å². The smallest absolute Gasteiger partial charge is 0.410 e. The Balaban J connectivity index is 2.65.